The first-order chi connectivity index (χ1) is 18.4. The molecule has 6 N–H and O–H groups in total. The second-order valence-corrected chi connectivity index (χ2v) is 9.53. The van der Waals surface area contributed by atoms with Gasteiger partial charge in [-0.2, -0.15) is 0 Å². The van der Waals surface area contributed by atoms with Crippen LogP contribution in [-0.4, -0.2) is 56.2 Å². The fraction of sp³-hybridized carbons (Fsp3) is 0.280. The molecule has 4 aromatic rings. The first-order valence-corrected chi connectivity index (χ1v) is 12.5. The summed E-state index contributed by atoms with van der Waals surface area (Å²) in [6.45, 7) is 0.615. The van der Waals surface area contributed by atoms with Crippen LogP contribution < -0.4 is 21.1 Å². The predicted octanol–water partition coefficient (Wildman–Crippen LogP) is 2.72. The highest BCUT2D eigenvalue weighted by Crippen LogP contribution is 2.33. The maximum absolute atomic E-state index is 12.1. The van der Waals surface area contributed by atoms with E-state index in [4.69, 9.17) is 38.4 Å². The Morgan fingerprint density at radius 2 is 2.03 bits per heavy atom. The molecule has 4 atom stereocenters. The minimum absolute atomic E-state index is 0.282. The van der Waals surface area contributed by atoms with E-state index >= 15 is 0 Å². The van der Waals surface area contributed by atoms with Gasteiger partial charge < -0.3 is 35.9 Å². The number of benzene rings is 2. The third-order valence-electron chi connectivity index (χ3n) is 6.24. The van der Waals surface area contributed by atoms with Gasteiger partial charge in [0.1, 0.15) is 42.2 Å². The van der Waals surface area contributed by atoms with Gasteiger partial charge in [0.2, 0.25) is 0 Å². The zero-order valence-electron chi connectivity index (χ0n) is 20.2. The molecule has 3 heterocycles. The van der Waals surface area contributed by atoms with Crippen LogP contribution in [0.25, 0.3) is 11.2 Å². The minimum atomic E-state index is -1.15. The molecule has 38 heavy (non-hydrogen) atoms. The van der Waals surface area contributed by atoms with Crippen LogP contribution in [0.2, 0.25) is 10.0 Å². The Labute approximate surface area is 227 Å². The molecule has 1 saturated heterocycles. The Balaban J connectivity index is 1.35. The number of nitrogens with zero attached hydrogens (tertiary/aromatic N) is 3. The molecule has 0 radical (unpaired) electrons. The number of carbonyl (C=O) groups excluding carboxylic acids is 1. The van der Waals surface area contributed by atoms with Gasteiger partial charge >= 0.3 is 0 Å². The fourth-order valence-corrected chi connectivity index (χ4v) is 4.59. The highest BCUT2D eigenvalue weighted by atomic mass is 35.5. The average molecular weight is 558 g/mol. The fourth-order valence-electron chi connectivity index (χ4n) is 4.21. The lowest BCUT2D eigenvalue weighted by Crippen LogP contribution is -2.46. The molecule has 0 aliphatic carbocycles. The normalized spacial score (nSPS) is 21.0. The number of H-pyrrole nitrogens is 1. The summed E-state index contributed by atoms with van der Waals surface area (Å²) in [6.07, 6.45) is -1.73. The Morgan fingerprint density at radius 1 is 1.21 bits per heavy atom. The van der Waals surface area contributed by atoms with Crippen molar-refractivity contribution in [2.24, 2.45) is 5.73 Å². The number of halogens is 2. The van der Waals surface area contributed by atoms with Crippen LogP contribution >= 0.6 is 23.2 Å². The summed E-state index contributed by atoms with van der Waals surface area (Å²) in [5, 5.41) is 17.5. The number of imidazole rings is 1. The number of anilines is 1. The number of nitrogens with one attached hydrogen (secondary N) is 3. The summed E-state index contributed by atoms with van der Waals surface area (Å²) in [5.74, 6) is 0.954. The van der Waals surface area contributed by atoms with E-state index < -0.39 is 30.3 Å². The van der Waals surface area contributed by atoms with E-state index in [0.717, 1.165) is 11.1 Å². The van der Waals surface area contributed by atoms with Crippen molar-refractivity contribution in [1.82, 2.24) is 25.3 Å². The minimum Gasteiger partial charge on any atom is -0.488 e. The summed E-state index contributed by atoms with van der Waals surface area (Å²) < 4.78 is 11.8. The lowest BCUT2D eigenvalue weighted by Gasteiger charge is -2.14. The standard InChI is InChI=1S/C25H25Cl2N7O4/c1-29-25(36)20-17(28)19(35)21(38-20)24-33-18-22(31-11-32-23(18)34-24)30-9-13-8-14(26)6-7-16(13)37-10-12-4-2-3-5-15(12)27/h2-8,11,17,19-21,35H,9-10,28H2,1H3,(H,29,36)(H2,30,31,32,33,34)/t17-,19+,20-,21-/m0/s1. The number of aromatic nitrogens is 4. The molecule has 198 valence electrons. The van der Waals surface area contributed by atoms with Gasteiger partial charge in [-0.25, -0.2) is 15.0 Å². The first-order valence-electron chi connectivity index (χ1n) is 11.8. The molecule has 0 spiro atoms. The van der Waals surface area contributed by atoms with E-state index in [-0.39, 0.29) is 5.82 Å². The summed E-state index contributed by atoms with van der Waals surface area (Å²) >= 11 is 12.5. The van der Waals surface area contributed by atoms with Gasteiger partial charge in [-0.1, -0.05) is 41.4 Å². The van der Waals surface area contributed by atoms with Gasteiger partial charge in [-0.3, -0.25) is 4.79 Å². The number of aliphatic hydroxyl groups is 1. The van der Waals surface area contributed by atoms with Crippen LogP contribution in [0.4, 0.5) is 5.82 Å². The van der Waals surface area contributed by atoms with Gasteiger partial charge in [0.05, 0.1) is 6.04 Å². The van der Waals surface area contributed by atoms with Gasteiger partial charge in [-0.15, -0.1) is 0 Å². The third-order valence-corrected chi connectivity index (χ3v) is 6.84. The van der Waals surface area contributed by atoms with Gasteiger partial charge in [-0.05, 0) is 24.3 Å². The highest BCUT2D eigenvalue weighted by molar-refractivity contribution is 6.31. The van der Waals surface area contributed by atoms with E-state index in [1.807, 2.05) is 24.3 Å². The van der Waals surface area contributed by atoms with Gasteiger partial charge in [0, 0.05) is 34.8 Å². The molecule has 0 saturated carbocycles. The molecule has 1 amide bonds. The molecular weight excluding hydrogens is 533 g/mol. The number of fused-ring (bicyclic) bond motifs is 1. The second-order valence-electron chi connectivity index (χ2n) is 8.69. The molecule has 1 aliphatic rings. The van der Waals surface area contributed by atoms with Crippen molar-refractivity contribution in [3.8, 4) is 5.75 Å². The van der Waals surface area contributed by atoms with Crippen molar-refractivity contribution in [3.05, 3.63) is 75.8 Å². The average Bonchev–Trinajstić information content (AvgIpc) is 3.48. The van der Waals surface area contributed by atoms with Crippen molar-refractivity contribution < 1.29 is 19.4 Å². The van der Waals surface area contributed by atoms with E-state index in [9.17, 15) is 9.90 Å². The van der Waals surface area contributed by atoms with E-state index in [0.29, 0.717) is 45.9 Å². The number of ether oxygens (including phenoxy) is 2. The lowest BCUT2D eigenvalue weighted by molar-refractivity contribution is -0.132. The van der Waals surface area contributed by atoms with Crippen molar-refractivity contribution in [1.29, 1.82) is 0 Å². The number of likely N-dealkylation sites (N-methyl/N-ethyl adjacent to an activating group) is 1. The molecule has 5 rings (SSSR count). The lowest BCUT2D eigenvalue weighted by atomic mass is 10.1. The molecule has 2 aromatic heterocycles. The first kappa shape index (κ1) is 26.1. The molecule has 2 aromatic carbocycles. The van der Waals surface area contributed by atoms with Gasteiger partial charge in [0.25, 0.3) is 5.91 Å². The topological polar surface area (TPSA) is 160 Å². The molecule has 0 unspecified atom stereocenters. The highest BCUT2D eigenvalue weighted by Gasteiger charge is 2.47. The van der Waals surface area contributed by atoms with Gasteiger partial charge in [0.15, 0.2) is 17.6 Å². The number of hydrogen-bond donors (Lipinski definition) is 5. The Bertz CT molecular complexity index is 1470. The van der Waals surface area contributed by atoms with Crippen molar-refractivity contribution in [2.45, 2.75) is 37.5 Å². The third kappa shape index (κ3) is 5.24. The Hall–Kier alpha value is -3.48. The second kappa shape index (κ2) is 11.1. The smallest absolute Gasteiger partial charge is 0.250 e. The number of hydrogen-bond acceptors (Lipinski definition) is 9. The molecule has 1 fully saturated rings. The quantitative estimate of drug-likeness (QED) is 0.219. The number of aromatic amines is 1. The number of carbonyl (C=O) groups is 1. The maximum Gasteiger partial charge on any atom is 0.250 e. The van der Waals surface area contributed by atoms with Crippen molar-refractivity contribution in [3.63, 3.8) is 0 Å². The van der Waals surface area contributed by atoms with Crippen LogP contribution in [0.5, 0.6) is 5.75 Å². The van der Waals surface area contributed by atoms with Crippen LogP contribution in [0.3, 0.4) is 0 Å². The molecular formula is C25H25Cl2N7O4. The monoisotopic (exact) mass is 557 g/mol. The zero-order chi connectivity index (χ0) is 26.8. The predicted molar refractivity (Wildman–Crippen MR) is 142 cm³/mol. The van der Waals surface area contributed by atoms with Crippen LogP contribution in [0, 0.1) is 0 Å². The van der Waals surface area contributed by atoms with E-state index in [1.165, 1.54) is 13.4 Å². The summed E-state index contributed by atoms with van der Waals surface area (Å²) in [4.78, 5) is 28.2. The van der Waals surface area contributed by atoms with Crippen LogP contribution in [-0.2, 0) is 22.7 Å². The van der Waals surface area contributed by atoms with Crippen molar-refractivity contribution >= 4 is 46.1 Å². The molecule has 11 nitrogen and oxygen atoms in total. The largest absolute Gasteiger partial charge is 0.488 e. The number of nitrogens with two attached hydrogens (primary N) is 1. The zero-order valence-corrected chi connectivity index (χ0v) is 21.7. The summed E-state index contributed by atoms with van der Waals surface area (Å²) in [6, 6.07) is 11.9. The SMILES string of the molecule is CNC(=O)[C@H]1O[C@H](c2nc3ncnc(NCc4cc(Cl)ccc4OCc4ccccc4Cl)c3[nH]2)[C@H](O)[C@@H]1N. The Kier molecular flexibility index (Phi) is 7.63. The number of aliphatic hydroxyl groups excluding tert-OH is 1. The Morgan fingerprint density at radius 3 is 2.82 bits per heavy atom. The van der Waals surface area contributed by atoms with Crippen LogP contribution in [0.1, 0.15) is 23.1 Å². The van der Waals surface area contributed by atoms with E-state index in [2.05, 4.69) is 30.6 Å². The van der Waals surface area contributed by atoms with E-state index in [1.54, 1.807) is 18.2 Å². The number of amides is 1. The molecule has 13 heteroatoms. The molecule has 0 bridgehead atoms. The maximum atomic E-state index is 12.1. The van der Waals surface area contributed by atoms with Crippen LogP contribution in [0.15, 0.2) is 48.8 Å². The summed E-state index contributed by atoms with van der Waals surface area (Å²) in [5.41, 5.74) is 8.52. The van der Waals surface area contributed by atoms with Crippen molar-refractivity contribution in [2.75, 3.05) is 12.4 Å². The molecule has 1 aliphatic heterocycles. The summed E-state index contributed by atoms with van der Waals surface area (Å²) in [7, 11) is 1.47. The number of rotatable bonds is 8.